The summed E-state index contributed by atoms with van der Waals surface area (Å²) in [5, 5.41) is 0.398. The van der Waals surface area contributed by atoms with Crippen molar-refractivity contribution in [3.8, 4) is 0 Å². The van der Waals surface area contributed by atoms with Gasteiger partial charge in [-0.15, -0.1) is 22.7 Å². The Morgan fingerprint density at radius 1 is 1.26 bits per heavy atom. The lowest BCUT2D eigenvalue weighted by Gasteiger charge is -2.03. The zero-order valence-corrected chi connectivity index (χ0v) is 13.3. The number of hydrogen-bond acceptors (Lipinski definition) is 6. The topological polar surface area (TPSA) is 85.1 Å². The molecular formula is C11H15N3O2S3. The molecule has 0 unspecified atom stereocenters. The number of rotatable bonds is 4. The molecule has 0 saturated carbocycles. The molecule has 2 heterocycles. The first-order valence-corrected chi connectivity index (χ1v) is 8.71. The van der Waals surface area contributed by atoms with Crippen LogP contribution in [0.4, 0.5) is 5.13 Å². The second-order valence-corrected chi connectivity index (χ2v) is 8.30. The Kier molecular flexibility index (Phi) is 3.95. The number of anilines is 1. The van der Waals surface area contributed by atoms with Crippen molar-refractivity contribution in [3.05, 3.63) is 26.4 Å². The highest BCUT2D eigenvalue weighted by molar-refractivity contribution is 7.93. The summed E-state index contributed by atoms with van der Waals surface area (Å²) in [7, 11) is -3.58. The van der Waals surface area contributed by atoms with Gasteiger partial charge in [-0.25, -0.2) is 13.4 Å². The van der Waals surface area contributed by atoms with Crippen LogP contribution in [0.25, 0.3) is 0 Å². The smallest absolute Gasteiger partial charge is 0.264 e. The van der Waals surface area contributed by atoms with Crippen LogP contribution in [0.15, 0.2) is 11.0 Å². The molecule has 0 bridgehead atoms. The molecule has 0 aliphatic rings. The number of nitrogens with two attached hydrogens (primary N) is 1. The van der Waals surface area contributed by atoms with Gasteiger partial charge in [0.25, 0.3) is 10.0 Å². The number of aryl methyl sites for hydroxylation is 3. The van der Waals surface area contributed by atoms with Crippen LogP contribution < -0.4 is 10.5 Å². The number of sulfonamides is 1. The zero-order chi connectivity index (χ0) is 14.2. The van der Waals surface area contributed by atoms with Gasteiger partial charge in [0.2, 0.25) is 0 Å². The van der Waals surface area contributed by atoms with Gasteiger partial charge in [-0.05, 0) is 26.8 Å². The second kappa shape index (κ2) is 5.20. The van der Waals surface area contributed by atoms with E-state index in [1.165, 1.54) is 22.7 Å². The van der Waals surface area contributed by atoms with Crippen molar-refractivity contribution in [2.45, 2.75) is 32.2 Å². The summed E-state index contributed by atoms with van der Waals surface area (Å²) in [6.07, 6.45) is 0. The van der Waals surface area contributed by atoms with Gasteiger partial charge in [0.15, 0.2) is 5.13 Å². The lowest BCUT2D eigenvalue weighted by molar-refractivity contribution is 0.601. The molecule has 3 N–H and O–H groups in total. The highest BCUT2D eigenvalue weighted by Crippen LogP contribution is 2.29. The fraction of sp³-hybridized carbons (Fsp3) is 0.364. The first-order chi connectivity index (χ1) is 8.83. The predicted octanol–water partition coefficient (Wildman–Crippen LogP) is 2.39. The molecule has 2 aromatic rings. The van der Waals surface area contributed by atoms with E-state index >= 15 is 0 Å². The number of nitrogens with zero attached hydrogens (tertiary/aromatic N) is 1. The monoisotopic (exact) mass is 317 g/mol. The maximum Gasteiger partial charge on any atom is 0.264 e. The first kappa shape index (κ1) is 14.4. The number of nitrogens with one attached hydrogen (secondary N) is 1. The Morgan fingerprint density at radius 3 is 2.42 bits per heavy atom. The molecule has 2 aromatic heterocycles. The molecule has 0 spiro atoms. The van der Waals surface area contributed by atoms with Crippen molar-refractivity contribution >= 4 is 37.8 Å². The van der Waals surface area contributed by atoms with E-state index in [-0.39, 0.29) is 4.90 Å². The average molecular weight is 317 g/mol. The molecular weight excluding hydrogens is 302 g/mol. The Labute approximate surface area is 120 Å². The lowest BCUT2D eigenvalue weighted by Crippen LogP contribution is -2.13. The summed E-state index contributed by atoms with van der Waals surface area (Å²) in [6, 6.07) is 1.62. The van der Waals surface area contributed by atoms with E-state index in [0.717, 1.165) is 20.3 Å². The van der Waals surface area contributed by atoms with E-state index in [0.29, 0.717) is 11.7 Å². The minimum atomic E-state index is -3.58. The van der Waals surface area contributed by atoms with Crippen molar-refractivity contribution < 1.29 is 8.42 Å². The highest BCUT2D eigenvalue weighted by Gasteiger charge is 2.21. The summed E-state index contributed by atoms with van der Waals surface area (Å²) < 4.78 is 27.1. The fourth-order valence-corrected chi connectivity index (χ4v) is 5.14. The number of thiophene rings is 1. The van der Waals surface area contributed by atoms with Crippen LogP contribution in [0.3, 0.4) is 0 Å². The average Bonchev–Trinajstić information content (AvgIpc) is 2.83. The predicted molar refractivity (Wildman–Crippen MR) is 79.3 cm³/mol. The summed E-state index contributed by atoms with van der Waals surface area (Å²) in [5.74, 6) is 0. The second-order valence-electron chi connectivity index (χ2n) is 4.10. The van der Waals surface area contributed by atoms with Gasteiger partial charge in [0.1, 0.15) is 4.90 Å². The largest absolute Gasteiger partial charge is 0.326 e. The molecule has 5 nitrogen and oxygen atoms in total. The first-order valence-electron chi connectivity index (χ1n) is 5.59. The molecule has 2 rings (SSSR count). The van der Waals surface area contributed by atoms with Crippen LogP contribution in [0.1, 0.15) is 20.3 Å². The Morgan fingerprint density at radius 2 is 1.95 bits per heavy atom. The minimum absolute atomic E-state index is 0.281. The van der Waals surface area contributed by atoms with E-state index in [1.807, 2.05) is 13.8 Å². The van der Waals surface area contributed by atoms with Crippen molar-refractivity contribution in [2.24, 2.45) is 5.73 Å². The fourth-order valence-electron chi connectivity index (χ4n) is 1.58. The van der Waals surface area contributed by atoms with Gasteiger partial charge in [0.05, 0.1) is 5.69 Å². The quantitative estimate of drug-likeness (QED) is 0.906. The van der Waals surface area contributed by atoms with E-state index in [4.69, 9.17) is 5.73 Å². The van der Waals surface area contributed by atoms with Gasteiger partial charge in [-0.2, -0.15) is 0 Å². The molecule has 0 atom stereocenters. The third-order valence-corrected chi connectivity index (χ3v) is 6.45. The molecule has 0 fully saturated rings. The van der Waals surface area contributed by atoms with Crippen molar-refractivity contribution in [1.29, 1.82) is 0 Å². The Bertz CT molecular complexity index is 681. The molecule has 8 heteroatoms. The lowest BCUT2D eigenvalue weighted by atomic mass is 10.4. The molecule has 19 heavy (non-hydrogen) atoms. The van der Waals surface area contributed by atoms with Crippen LogP contribution in [0.2, 0.25) is 0 Å². The molecule has 0 aliphatic heterocycles. The molecule has 0 saturated heterocycles. The van der Waals surface area contributed by atoms with Gasteiger partial charge in [0, 0.05) is 21.2 Å². The number of hydrogen-bond donors (Lipinski definition) is 2. The molecule has 0 amide bonds. The van der Waals surface area contributed by atoms with E-state index in [9.17, 15) is 8.42 Å². The minimum Gasteiger partial charge on any atom is -0.326 e. The van der Waals surface area contributed by atoms with Crippen molar-refractivity contribution in [2.75, 3.05) is 4.72 Å². The van der Waals surface area contributed by atoms with Gasteiger partial charge in [-0.3, -0.25) is 4.72 Å². The molecule has 0 radical (unpaired) electrons. The zero-order valence-electron chi connectivity index (χ0n) is 10.9. The maximum absolute atomic E-state index is 12.3. The van der Waals surface area contributed by atoms with Crippen LogP contribution in [-0.2, 0) is 16.6 Å². The van der Waals surface area contributed by atoms with Crippen LogP contribution in [0.5, 0.6) is 0 Å². The van der Waals surface area contributed by atoms with E-state index < -0.39 is 10.0 Å². The normalized spacial score (nSPS) is 11.8. The summed E-state index contributed by atoms with van der Waals surface area (Å²) in [5.41, 5.74) is 6.38. The van der Waals surface area contributed by atoms with Crippen molar-refractivity contribution in [3.63, 3.8) is 0 Å². The third-order valence-electron chi connectivity index (χ3n) is 2.66. The van der Waals surface area contributed by atoms with Gasteiger partial charge in [-0.1, -0.05) is 0 Å². The van der Waals surface area contributed by atoms with Crippen LogP contribution in [-0.4, -0.2) is 13.4 Å². The van der Waals surface area contributed by atoms with Gasteiger partial charge < -0.3 is 5.73 Å². The molecule has 0 aliphatic carbocycles. The molecule has 0 aromatic carbocycles. The summed E-state index contributed by atoms with van der Waals surface area (Å²) in [4.78, 5) is 7.05. The number of aromatic nitrogens is 1. The van der Waals surface area contributed by atoms with Crippen molar-refractivity contribution in [1.82, 2.24) is 4.98 Å². The number of thiazole rings is 1. The highest BCUT2D eigenvalue weighted by atomic mass is 32.2. The summed E-state index contributed by atoms with van der Waals surface area (Å²) >= 11 is 2.73. The standard InChI is InChI=1S/C11H15N3O2S3/c1-6-7(2)18-11(13-6)14-19(15,16)10-4-9(5-12)17-8(10)3/h4H,5,12H2,1-3H3,(H,13,14). The van der Waals surface area contributed by atoms with Crippen LogP contribution >= 0.6 is 22.7 Å². The van der Waals surface area contributed by atoms with Crippen LogP contribution in [0, 0.1) is 20.8 Å². The third kappa shape index (κ3) is 2.97. The maximum atomic E-state index is 12.3. The Balaban J connectivity index is 2.34. The SMILES string of the molecule is Cc1nc(NS(=O)(=O)c2cc(CN)sc2C)sc1C. The summed E-state index contributed by atoms with van der Waals surface area (Å²) in [6.45, 7) is 5.88. The van der Waals surface area contributed by atoms with E-state index in [2.05, 4.69) is 9.71 Å². The van der Waals surface area contributed by atoms with E-state index in [1.54, 1.807) is 13.0 Å². The van der Waals surface area contributed by atoms with Gasteiger partial charge >= 0.3 is 0 Å². The Hall–Kier alpha value is -0.960. The molecule has 104 valence electrons.